The SMILES string of the molecule is Cc1ccc(C(C(=O)O)N(C)C)cc1F. The van der Waals surface area contributed by atoms with Crippen LogP contribution in [0.3, 0.4) is 0 Å². The van der Waals surface area contributed by atoms with E-state index < -0.39 is 12.0 Å². The molecule has 15 heavy (non-hydrogen) atoms. The maximum absolute atomic E-state index is 13.3. The smallest absolute Gasteiger partial charge is 0.325 e. The number of rotatable bonds is 3. The van der Waals surface area contributed by atoms with E-state index in [4.69, 9.17) is 5.11 Å². The van der Waals surface area contributed by atoms with Gasteiger partial charge in [-0.3, -0.25) is 9.69 Å². The number of hydrogen-bond acceptors (Lipinski definition) is 2. The summed E-state index contributed by atoms with van der Waals surface area (Å²) < 4.78 is 13.3. The Morgan fingerprint density at radius 2 is 2.07 bits per heavy atom. The van der Waals surface area contributed by atoms with Crippen LogP contribution in [0.1, 0.15) is 17.2 Å². The standard InChI is InChI=1S/C11H14FNO2/c1-7-4-5-8(6-9(7)12)10(11(14)15)13(2)3/h4-6,10H,1-3H3,(H,14,15). The zero-order chi connectivity index (χ0) is 11.6. The number of halogens is 1. The lowest BCUT2D eigenvalue weighted by Gasteiger charge is -2.20. The zero-order valence-corrected chi connectivity index (χ0v) is 8.99. The molecule has 0 radical (unpaired) electrons. The summed E-state index contributed by atoms with van der Waals surface area (Å²) in [5.41, 5.74) is 0.970. The number of benzene rings is 1. The predicted octanol–water partition coefficient (Wildman–Crippen LogP) is 1.82. The lowest BCUT2D eigenvalue weighted by molar-refractivity contribution is -0.142. The van der Waals surface area contributed by atoms with Crippen LogP contribution in [-0.2, 0) is 4.79 Å². The van der Waals surface area contributed by atoms with Gasteiger partial charge in [0.15, 0.2) is 0 Å². The molecule has 0 fully saturated rings. The molecular weight excluding hydrogens is 197 g/mol. The first-order valence-corrected chi connectivity index (χ1v) is 4.58. The number of hydrogen-bond donors (Lipinski definition) is 1. The van der Waals surface area contributed by atoms with Crippen LogP contribution in [0.4, 0.5) is 4.39 Å². The van der Waals surface area contributed by atoms with E-state index in [1.54, 1.807) is 33.2 Å². The fourth-order valence-electron chi connectivity index (χ4n) is 1.44. The molecule has 3 nitrogen and oxygen atoms in total. The van der Waals surface area contributed by atoms with Crippen molar-refractivity contribution in [2.75, 3.05) is 14.1 Å². The van der Waals surface area contributed by atoms with Crippen molar-refractivity contribution in [3.05, 3.63) is 35.1 Å². The predicted molar refractivity (Wildman–Crippen MR) is 55.2 cm³/mol. The molecule has 0 bridgehead atoms. The third-order valence-electron chi connectivity index (χ3n) is 2.26. The van der Waals surface area contributed by atoms with E-state index in [9.17, 15) is 9.18 Å². The zero-order valence-electron chi connectivity index (χ0n) is 8.99. The number of aryl methyl sites for hydroxylation is 1. The summed E-state index contributed by atoms with van der Waals surface area (Å²) in [6.07, 6.45) is 0. The Morgan fingerprint density at radius 3 is 2.47 bits per heavy atom. The highest BCUT2D eigenvalue weighted by Crippen LogP contribution is 2.20. The Kier molecular flexibility index (Phi) is 3.42. The van der Waals surface area contributed by atoms with E-state index in [2.05, 4.69) is 0 Å². The summed E-state index contributed by atoms with van der Waals surface area (Å²) in [6, 6.07) is 3.69. The highest BCUT2D eigenvalue weighted by molar-refractivity contribution is 5.75. The number of nitrogens with zero attached hydrogens (tertiary/aromatic N) is 1. The first-order valence-electron chi connectivity index (χ1n) is 4.58. The molecule has 0 saturated heterocycles. The summed E-state index contributed by atoms with van der Waals surface area (Å²) in [5, 5.41) is 8.99. The summed E-state index contributed by atoms with van der Waals surface area (Å²) in [6.45, 7) is 1.64. The van der Waals surface area contributed by atoms with Gasteiger partial charge < -0.3 is 5.11 Å². The molecule has 0 aromatic heterocycles. The molecule has 0 aliphatic rings. The second kappa shape index (κ2) is 4.40. The van der Waals surface area contributed by atoms with Crippen LogP contribution in [0.15, 0.2) is 18.2 Å². The van der Waals surface area contributed by atoms with Gasteiger partial charge in [0.25, 0.3) is 0 Å². The molecule has 1 N–H and O–H groups in total. The van der Waals surface area contributed by atoms with Crippen molar-refractivity contribution in [3.8, 4) is 0 Å². The lowest BCUT2D eigenvalue weighted by atomic mass is 10.0. The Balaban J connectivity index is 3.12. The average Bonchev–Trinajstić information content (AvgIpc) is 2.10. The van der Waals surface area contributed by atoms with Crippen molar-refractivity contribution in [3.63, 3.8) is 0 Å². The Hall–Kier alpha value is -1.42. The summed E-state index contributed by atoms with van der Waals surface area (Å²) in [5.74, 6) is -1.36. The second-order valence-corrected chi connectivity index (χ2v) is 3.71. The topological polar surface area (TPSA) is 40.5 Å². The molecule has 0 amide bonds. The molecule has 0 aliphatic heterocycles. The van der Waals surface area contributed by atoms with Crippen LogP contribution >= 0.6 is 0 Å². The van der Waals surface area contributed by atoms with Crippen LogP contribution in [0.5, 0.6) is 0 Å². The maximum atomic E-state index is 13.3. The molecule has 82 valence electrons. The molecular formula is C11H14FNO2. The maximum Gasteiger partial charge on any atom is 0.325 e. The van der Waals surface area contributed by atoms with E-state index in [1.807, 2.05) is 0 Å². The van der Waals surface area contributed by atoms with Crippen molar-refractivity contribution in [2.24, 2.45) is 0 Å². The van der Waals surface area contributed by atoms with E-state index >= 15 is 0 Å². The molecule has 0 heterocycles. The van der Waals surface area contributed by atoms with Gasteiger partial charge in [-0.25, -0.2) is 4.39 Å². The fourth-order valence-corrected chi connectivity index (χ4v) is 1.44. The first-order chi connectivity index (χ1) is 6.93. The van der Waals surface area contributed by atoms with E-state index in [0.29, 0.717) is 11.1 Å². The van der Waals surface area contributed by atoms with Crippen molar-refractivity contribution in [1.82, 2.24) is 4.90 Å². The summed E-state index contributed by atoms with van der Waals surface area (Å²) in [7, 11) is 3.30. The van der Waals surface area contributed by atoms with E-state index in [1.165, 1.54) is 11.0 Å². The largest absolute Gasteiger partial charge is 0.480 e. The third-order valence-corrected chi connectivity index (χ3v) is 2.26. The van der Waals surface area contributed by atoms with Crippen molar-refractivity contribution >= 4 is 5.97 Å². The van der Waals surface area contributed by atoms with Gasteiger partial charge in [0, 0.05) is 0 Å². The van der Waals surface area contributed by atoms with Gasteiger partial charge in [-0.05, 0) is 38.2 Å². The Bertz CT molecular complexity index is 377. The van der Waals surface area contributed by atoms with Gasteiger partial charge in [0.05, 0.1) is 0 Å². The monoisotopic (exact) mass is 211 g/mol. The minimum atomic E-state index is -0.983. The molecule has 0 saturated carbocycles. The van der Waals surface area contributed by atoms with Gasteiger partial charge >= 0.3 is 5.97 Å². The van der Waals surface area contributed by atoms with Crippen LogP contribution in [0, 0.1) is 12.7 Å². The molecule has 1 aromatic rings. The molecule has 0 spiro atoms. The van der Waals surface area contributed by atoms with Crippen LogP contribution < -0.4 is 0 Å². The fraction of sp³-hybridized carbons (Fsp3) is 0.364. The van der Waals surface area contributed by atoms with Crippen LogP contribution in [-0.4, -0.2) is 30.1 Å². The van der Waals surface area contributed by atoms with Gasteiger partial charge in [-0.15, -0.1) is 0 Å². The number of carbonyl (C=O) groups is 1. The number of carboxylic acid groups (broad SMARTS) is 1. The normalized spacial score (nSPS) is 12.9. The van der Waals surface area contributed by atoms with Crippen molar-refractivity contribution in [1.29, 1.82) is 0 Å². The van der Waals surface area contributed by atoms with E-state index in [0.717, 1.165) is 0 Å². The van der Waals surface area contributed by atoms with E-state index in [-0.39, 0.29) is 5.82 Å². The molecule has 4 heteroatoms. The number of likely N-dealkylation sites (N-methyl/N-ethyl adjacent to an activating group) is 1. The second-order valence-electron chi connectivity index (χ2n) is 3.71. The Labute approximate surface area is 88.1 Å². The lowest BCUT2D eigenvalue weighted by Crippen LogP contribution is -2.27. The van der Waals surface area contributed by atoms with Crippen molar-refractivity contribution < 1.29 is 14.3 Å². The highest BCUT2D eigenvalue weighted by Gasteiger charge is 2.22. The Morgan fingerprint density at radius 1 is 1.47 bits per heavy atom. The molecule has 1 aromatic carbocycles. The highest BCUT2D eigenvalue weighted by atomic mass is 19.1. The summed E-state index contributed by atoms with van der Waals surface area (Å²) in [4.78, 5) is 12.5. The van der Waals surface area contributed by atoms with Crippen molar-refractivity contribution in [2.45, 2.75) is 13.0 Å². The molecule has 1 atom stereocenters. The van der Waals surface area contributed by atoms with Crippen LogP contribution in [0.2, 0.25) is 0 Å². The average molecular weight is 211 g/mol. The molecule has 0 aliphatic carbocycles. The third kappa shape index (κ3) is 2.53. The van der Waals surface area contributed by atoms with Crippen LogP contribution in [0.25, 0.3) is 0 Å². The summed E-state index contributed by atoms with van der Waals surface area (Å²) >= 11 is 0. The molecule has 1 unspecified atom stereocenters. The number of carboxylic acids is 1. The van der Waals surface area contributed by atoms with Gasteiger partial charge in [0.2, 0.25) is 0 Å². The first kappa shape index (κ1) is 11.7. The molecule has 1 rings (SSSR count). The quantitative estimate of drug-likeness (QED) is 0.829. The minimum absolute atomic E-state index is 0.374. The number of aliphatic carboxylic acids is 1. The minimum Gasteiger partial charge on any atom is -0.480 e. The van der Waals surface area contributed by atoms with Gasteiger partial charge in [0.1, 0.15) is 11.9 Å². The van der Waals surface area contributed by atoms with Gasteiger partial charge in [-0.2, -0.15) is 0 Å². The van der Waals surface area contributed by atoms with Gasteiger partial charge in [-0.1, -0.05) is 12.1 Å².